The van der Waals surface area contributed by atoms with Gasteiger partial charge in [-0.25, -0.2) is 4.79 Å². The Morgan fingerprint density at radius 3 is 2.52 bits per heavy atom. The molecule has 0 atom stereocenters. The van der Waals surface area contributed by atoms with Gasteiger partial charge in [-0.15, -0.1) is 0 Å². The molecular weight excluding hydrogens is 318 g/mol. The van der Waals surface area contributed by atoms with Crippen LogP contribution in [0.3, 0.4) is 0 Å². The number of carbonyl (C=O) groups is 2. The Morgan fingerprint density at radius 1 is 1.24 bits per heavy atom. The SMILES string of the molecule is CCOCC1(C(=O)N2CCC(Cc3ccccc3C(=O)O)CC2)CC1. The molecule has 5 heteroatoms. The fourth-order valence-electron chi connectivity index (χ4n) is 3.76. The zero-order valence-corrected chi connectivity index (χ0v) is 14.9. The Balaban J connectivity index is 1.54. The highest BCUT2D eigenvalue weighted by Gasteiger charge is 2.52. The van der Waals surface area contributed by atoms with E-state index in [9.17, 15) is 14.7 Å². The molecule has 3 rings (SSSR count). The first kappa shape index (κ1) is 17.9. The number of rotatable bonds is 7. The first-order valence-corrected chi connectivity index (χ1v) is 9.24. The fourth-order valence-corrected chi connectivity index (χ4v) is 3.76. The molecule has 2 aliphatic rings. The molecule has 1 aromatic carbocycles. The lowest BCUT2D eigenvalue weighted by atomic mass is 9.88. The Hall–Kier alpha value is -1.88. The van der Waals surface area contributed by atoms with Crippen molar-refractivity contribution >= 4 is 11.9 Å². The van der Waals surface area contributed by atoms with Crippen LogP contribution in [0, 0.1) is 11.3 Å². The third-order valence-electron chi connectivity index (χ3n) is 5.55. The lowest BCUT2D eigenvalue weighted by Gasteiger charge is -2.34. The molecule has 1 saturated carbocycles. The van der Waals surface area contributed by atoms with E-state index in [4.69, 9.17) is 4.74 Å². The van der Waals surface area contributed by atoms with E-state index in [1.165, 1.54) is 0 Å². The van der Waals surface area contributed by atoms with Crippen LogP contribution in [0.5, 0.6) is 0 Å². The minimum Gasteiger partial charge on any atom is -0.478 e. The van der Waals surface area contributed by atoms with Crippen molar-refractivity contribution in [2.75, 3.05) is 26.3 Å². The van der Waals surface area contributed by atoms with Crippen molar-refractivity contribution in [1.29, 1.82) is 0 Å². The molecule has 1 aliphatic heterocycles. The summed E-state index contributed by atoms with van der Waals surface area (Å²) >= 11 is 0. The van der Waals surface area contributed by atoms with Crippen molar-refractivity contribution in [2.45, 2.75) is 39.0 Å². The van der Waals surface area contributed by atoms with Gasteiger partial charge < -0.3 is 14.7 Å². The van der Waals surface area contributed by atoms with Crippen molar-refractivity contribution in [2.24, 2.45) is 11.3 Å². The van der Waals surface area contributed by atoms with Crippen LogP contribution in [-0.4, -0.2) is 48.2 Å². The summed E-state index contributed by atoms with van der Waals surface area (Å²) in [5, 5.41) is 9.31. The first-order chi connectivity index (χ1) is 12.1. The van der Waals surface area contributed by atoms with E-state index in [1.54, 1.807) is 12.1 Å². The number of likely N-dealkylation sites (tertiary alicyclic amines) is 1. The molecule has 0 aromatic heterocycles. The summed E-state index contributed by atoms with van der Waals surface area (Å²) in [6, 6.07) is 7.23. The van der Waals surface area contributed by atoms with Crippen LogP contribution >= 0.6 is 0 Å². The van der Waals surface area contributed by atoms with Gasteiger partial charge in [0.2, 0.25) is 5.91 Å². The van der Waals surface area contributed by atoms with E-state index in [1.807, 2.05) is 24.0 Å². The third kappa shape index (κ3) is 4.03. The average molecular weight is 345 g/mol. The quantitative estimate of drug-likeness (QED) is 0.825. The maximum Gasteiger partial charge on any atom is 0.335 e. The molecule has 1 N–H and O–H groups in total. The zero-order chi connectivity index (χ0) is 17.9. The van der Waals surface area contributed by atoms with E-state index in [-0.39, 0.29) is 11.3 Å². The molecule has 1 aromatic rings. The monoisotopic (exact) mass is 345 g/mol. The summed E-state index contributed by atoms with van der Waals surface area (Å²) in [7, 11) is 0. The average Bonchev–Trinajstić information content (AvgIpc) is 3.41. The number of hydrogen-bond donors (Lipinski definition) is 1. The van der Waals surface area contributed by atoms with Gasteiger partial charge in [0.1, 0.15) is 0 Å². The normalized spacial score (nSPS) is 19.6. The minimum absolute atomic E-state index is 0.251. The number of nitrogens with zero attached hydrogens (tertiary/aromatic N) is 1. The Kier molecular flexibility index (Phi) is 5.42. The molecular formula is C20H27NO4. The molecule has 1 aliphatic carbocycles. The number of carboxylic acids is 1. The van der Waals surface area contributed by atoms with Crippen LogP contribution in [0.15, 0.2) is 24.3 Å². The van der Waals surface area contributed by atoms with Crippen molar-refractivity contribution < 1.29 is 19.4 Å². The number of carboxylic acid groups (broad SMARTS) is 1. The molecule has 1 amide bonds. The summed E-state index contributed by atoms with van der Waals surface area (Å²) in [5.41, 5.74) is 1.04. The van der Waals surface area contributed by atoms with Crippen molar-refractivity contribution in [3.63, 3.8) is 0 Å². The summed E-state index contributed by atoms with van der Waals surface area (Å²) in [5.74, 6) is -0.174. The highest BCUT2D eigenvalue weighted by Crippen LogP contribution is 2.48. The summed E-state index contributed by atoms with van der Waals surface area (Å²) in [6.07, 6.45) is 4.53. The first-order valence-electron chi connectivity index (χ1n) is 9.24. The van der Waals surface area contributed by atoms with Gasteiger partial charge in [-0.05, 0) is 56.6 Å². The fraction of sp³-hybridized carbons (Fsp3) is 0.600. The van der Waals surface area contributed by atoms with E-state index in [0.29, 0.717) is 24.7 Å². The second-order valence-electron chi connectivity index (χ2n) is 7.32. The van der Waals surface area contributed by atoms with Gasteiger partial charge in [-0.1, -0.05) is 18.2 Å². The van der Waals surface area contributed by atoms with Crippen LogP contribution in [0.25, 0.3) is 0 Å². The molecule has 0 spiro atoms. The molecule has 0 bridgehead atoms. The van der Waals surface area contributed by atoms with Gasteiger partial charge in [0.15, 0.2) is 0 Å². The van der Waals surface area contributed by atoms with Gasteiger partial charge in [0.05, 0.1) is 17.6 Å². The van der Waals surface area contributed by atoms with Crippen LogP contribution in [0.1, 0.15) is 48.5 Å². The molecule has 25 heavy (non-hydrogen) atoms. The second-order valence-corrected chi connectivity index (χ2v) is 7.32. The Bertz CT molecular complexity index is 630. The van der Waals surface area contributed by atoms with Crippen LogP contribution in [0.2, 0.25) is 0 Å². The molecule has 5 nitrogen and oxygen atoms in total. The number of amides is 1. The van der Waals surface area contributed by atoms with Gasteiger partial charge >= 0.3 is 5.97 Å². The van der Waals surface area contributed by atoms with E-state index < -0.39 is 5.97 Å². The van der Waals surface area contributed by atoms with E-state index in [0.717, 1.165) is 50.8 Å². The van der Waals surface area contributed by atoms with E-state index >= 15 is 0 Å². The van der Waals surface area contributed by atoms with Crippen LogP contribution in [0.4, 0.5) is 0 Å². The lowest BCUT2D eigenvalue weighted by Crippen LogP contribution is -2.44. The number of carbonyl (C=O) groups excluding carboxylic acids is 1. The predicted molar refractivity (Wildman–Crippen MR) is 94.6 cm³/mol. The van der Waals surface area contributed by atoms with Crippen LogP contribution in [-0.2, 0) is 16.0 Å². The third-order valence-corrected chi connectivity index (χ3v) is 5.55. The van der Waals surface area contributed by atoms with E-state index in [2.05, 4.69) is 0 Å². The smallest absolute Gasteiger partial charge is 0.335 e. The summed E-state index contributed by atoms with van der Waals surface area (Å²) < 4.78 is 5.51. The molecule has 136 valence electrons. The highest BCUT2D eigenvalue weighted by molar-refractivity contribution is 5.89. The zero-order valence-electron chi connectivity index (χ0n) is 14.9. The molecule has 2 fully saturated rings. The number of piperidine rings is 1. The number of hydrogen-bond acceptors (Lipinski definition) is 3. The van der Waals surface area contributed by atoms with Crippen LogP contribution < -0.4 is 0 Å². The Morgan fingerprint density at radius 2 is 1.92 bits per heavy atom. The maximum atomic E-state index is 12.8. The van der Waals surface area contributed by atoms with Crippen molar-refractivity contribution in [1.82, 2.24) is 4.90 Å². The van der Waals surface area contributed by atoms with Gasteiger partial charge in [0, 0.05) is 19.7 Å². The van der Waals surface area contributed by atoms with Crippen molar-refractivity contribution in [3.8, 4) is 0 Å². The second kappa shape index (κ2) is 7.56. The predicted octanol–water partition coefficient (Wildman–Crippen LogP) is 2.98. The highest BCUT2D eigenvalue weighted by atomic mass is 16.5. The molecule has 0 unspecified atom stereocenters. The molecule has 1 heterocycles. The maximum absolute atomic E-state index is 12.8. The number of aromatic carboxylic acids is 1. The number of benzene rings is 1. The summed E-state index contributed by atoms with van der Waals surface area (Å²) in [4.78, 5) is 26.1. The molecule has 0 radical (unpaired) electrons. The van der Waals surface area contributed by atoms with Gasteiger partial charge in [0.25, 0.3) is 0 Å². The van der Waals surface area contributed by atoms with Gasteiger partial charge in [-0.3, -0.25) is 4.79 Å². The summed E-state index contributed by atoms with van der Waals surface area (Å²) in [6.45, 7) is 4.70. The number of ether oxygens (including phenoxy) is 1. The minimum atomic E-state index is -0.866. The Labute approximate surface area is 149 Å². The lowest BCUT2D eigenvalue weighted by molar-refractivity contribution is -0.140. The molecule has 1 saturated heterocycles. The largest absolute Gasteiger partial charge is 0.478 e. The standard InChI is InChI=1S/C20H27NO4/c1-2-25-14-20(9-10-20)19(24)21-11-7-15(8-12-21)13-16-5-3-4-6-17(16)18(22)23/h3-6,15H,2,7-14H2,1H3,(H,22,23). The van der Waals surface area contributed by atoms with Gasteiger partial charge in [-0.2, -0.15) is 0 Å². The topological polar surface area (TPSA) is 66.8 Å². The van der Waals surface area contributed by atoms with Crippen molar-refractivity contribution in [3.05, 3.63) is 35.4 Å².